The Morgan fingerprint density at radius 1 is 1.21 bits per heavy atom. The lowest BCUT2D eigenvalue weighted by Crippen LogP contribution is -2.34. The Balaban J connectivity index is 1.38. The highest BCUT2D eigenvalue weighted by Crippen LogP contribution is 2.45. The molecule has 2 aromatic rings. The van der Waals surface area contributed by atoms with Gasteiger partial charge in [0.1, 0.15) is 0 Å². The molecule has 0 N–H and O–H groups in total. The van der Waals surface area contributed by atoms with Gasteiger partial charge in [-0.2, -0.15) is 17.9 Å². The van der Waals surface area contributed by atoms with Crippen LogP contribution < -0.4 is 0 Å². The number of likely N-dealkylation sites (tertiary alicyclic amines) is 1. The maximum atomic E-state index is 13.4. The first-order valence-corrected chi connectivity index (χ1v) is 12.3. The van der Waals surface area contributed by atoms with E-state index >= 15 is 0 Å². The Kier molecular flexibility index (Phi) is 6.27. The quantitative estimate of drug-likeness (QED) is 0.592. The van der Waals surface area contributed by atoms with Crippen molar-refractivity contribution in [2.75, 3.05) is 26.2 Å². The molecule has 5 rings (SSSR count). The second kappa shape index (κ2) is 9.07. The summed E-state index contributed by atoms with van der Waals surface area (Å²) in [6, 6.07) is 5.29. The summed E-state index contributed by atoms with van der Waals surface area (Å²) in [7, 11) is 0. The minimum absolute atomic E-state index is 0.0945. The smallest absolute Gasteiger partial charge is 0.370 e. The molecule has 1 aromatic carbocycles. The first-order chi connectivity index (χ1) is 16.2. The molecule has 0 radical (unpaired) electrons. The van der Waals surface area contributed by atoms with Gasteiger partial charge >= 0.3 is 6.18 Å². The molecule has 9 heteroatoms. The van der Waals surface area contributed by atoms with Crippen LogP contribution in [0.2, 0.25) is 0 Å². The zero-order chi connectivity index (χ0) is 23.9. The molecule has 2 atom stereocenters. The number of benzene rings is 1. The lowest BCUT2D eigenvalue weighted by atomic mass is 9.87. The Morgan fingerprint density at radius 3 is 2.68 bits per heavy atom. The SMILES string of the molecule is CC(C)c1ccc(-n2nnnc2C(F)(F)F)cc1C1=CC[C@@]2(CCC(CN3CCCC3)C2)OC1. The van der Waals surface area contributed by atoms with Crippen LogP contribution in [0, 0.1) is 5.92 Å². The molecule has 1 unspecified atom stereocenters. The maximum Gasteiger partial charge on any atom is 0.453 e. The Morgan fingerprint density at radius 2 is 2.00 bits per heavy atom. The third-order valence-corrected chi connectivity index (χ3v) is 7.61. The molecular formula is C25H32F3N5O. The van der Waals surface area contributed by atoms with Gasteiger partial charge in [0.05, 0.1) is 17.9 Å². The van der Waals surface area contributed by atoms with Crippen molar-refractivity contribution in [2.24, 2.45) is 5.92 Å². The Bertz CT molecular complexity index is 1060. The summed E-state index contributed by atoms with van der Waals surface area (Å²) in [6.45, 7) is 8.26. The highest BCUT2D eigenvalue weighted by atomic mass is 19.4. The summed E-state index contributed by atoms with van der Waals surface area (Å²) in [6.07, 6.45) is 4.45. The van der Waals surface area contributed by atoms with Gasteiger partial charge in [-0.3, -0.25) is 0 Å². The molecule has 184 valence electrons. The first-order valence-electron chi connectivity index (χ1n) is 12.3. The molecule has 0 bridgehead atoms. The number of tetrazole rings is 1. The molecule has 2 fully saturated rings. The summed E-state index contributed by atoms with van der Waals surface area (Å²) in [5.74, 6) is -0.227. The van der Waals surface area contributed by atoms with E-state index in [1.165, 1.54) is 38.9 Å². The van der Waals surface area contributed by atoms with Gasteiger partial charge in [0.2, 0.25) is 0 Å². The highest BCUT2D eigenvalue weighted by Gasteiger charge is 2.42. The number of alkyl halides is 3. The predicted octanol–water partition coefficient (Wildman–Crippen LogP) is 5.24. The summed E-state index contributed by atoms with van der Waals surface area (Å²) in [5, 5.41) is 10.0. The minimum Gasteiger partial charge on any atom is -0.370 e. The van der Waals surface area contributed by atoms with Crippen molar-refractivity contribution in [1.29, 1.82) is 0 Å². The van der Waals surface area contributed by atoms with E-state index in [0.29, 0.717) is 18.2 Å². The number of ether oxygens (including phenoxy) is 1. The fraction of sp³-hybridized carbons (Fsp3) is 0.640. The average Bonchev–Trinajstić information content (AvgIpc) is 3.56. The van der Waals surface area contributed by atoms with Crippen LogP contribution in [-0.2, 0) is 10.9 Å². The molecule has 1 spiro atoms. The lowest BCUT2D eigenvalue weighted by Gasteiger charge is -2.34. The summed E-state index contributed by atoms with van der Waals surface area (Å²) < 4.78 is 47.4. The molecular weight excluding hydrogens is 443 g/mol. The van der Waals surface area contributed by atoms with E-state index in [1.807, 2.05) is 6.07 Å². The molecule has 1 aromatic heterocycles. The van der Waals surface area contributed by atoms with Crippen LogP contribution in [0.25, 0.3) is 11.3 Å². The largest absolute Gasteiger partial charge is 0.453 e. The standard InChI is InChI=1S/C25H32F3N5O/c1-17(2)21-6-5-20(33-23(25(26,27)28)29-30-31-33)13-22(21)19-8-10-24(34-16-19)9-7-18(14-24)15-32-11-3-4-12-32/h5-6,8,13,17-18H,3-4,7,9-12,14-16H2,1-2H3/t18?,24-/m1/s1. The van der Waals surface area contributed by atoms with Crippen molar-refractivity contribution >= 4 is 5.57 Å². The van der Waals surface area contributed by atoms with Crippen molar-refractivity contribution in [2.45, 2.75) is 70.1 Å². The van der Waals surface area contributed by atoms with E-state index in [0.717, 1.165) is 40.6 Å². The highest BCUT2D eigenvalue weighted by molar-refractivity contribution is 5.72. The molecule has 3 aliphatic rings. The first kappa shape index (κ1) is 23.5. The number of nitrogens with zero attached hydrogens (tertiary/aromatic N) is 5. The molecule has 1 saturated heterocycles. The zero-order valence-corrected chi connectivity index (χ0v) is 19.8. The van der Waals surface area contributed by atoms with Gasteiger partial charge in [0, 0.05) is 6.54 Å². The van der Waals surface area contributed by atoms with Crippen molar-refractivity contribution in [3.8, 4) is 5.69 Å². The van der Waals surface area contributed by atoms with Crippen molar-refractivity contribution < 1.29 is 17.9 Å². The van der Waals surface area contributed by atoms with Gasteiger partial charge in [0.25, 0.3) is 5.82 Å². The fourth-order valence-corrected chi connectivity index (χ4v) is 5.84. The van der Waals surface area contributed by atoms with Crippen LogP contribution >= 0.6 is 0 Å². The van der Waals surface area contributed by atoms with Crippen LogP contribution in [0.5, 0.6) is 0 Å². The van der Waals surface area contributed by atoms with Crippen molar-refractivity contribution in [1.82, 2.24) is 25.1 Å². The molecule has 3 heterocycles. The third-order valence-electron chi connectivity index (χ3n) is 7.61. The normalized spacial score (nSPS) is 26.1. The van der Waals surface area contributed by atoms with Crippen LogP contribution in [0.3, 0.4) is 0 Å². The molecule has 34 heavy (non-hydrogen) atoms. The van der Waals surface area contributed by atoms with Gasteiger partial charge in [0.15, 0.2) is 0 Å². The topological polar surface area (TPSA) is 56.1 Å². The van der Waals surface area contributed by atoms with Crippen LogP contribution in [0.15, 0.2) is 24.3 Å². The van der Waals surface area contributed by atoms with Crippen LogP contribution in [0.1, 0.15) is 75.2 Å². The summed E-state index contributed by atoms with van der Waals surface area (Å²) in [4.78, 5) is 2.59. The van der Waals surface area contributed by atoms with Gasteiger partial charge in [-0.25, -0.2) is 0 Å². The molecule has 0 amide bonds. The summed E-state index contributed by atoms with van der Waals surface area (Å²) >= 11 is 0. The number of aromatic nitrogens is 4. The van der Waals surface area contributed by atoms with E-state index < -0.39 is 12.0 Å². The number of hydrogen-bond acceptors (Lipinski definition) is 5. The monoisotopic (exact) mass is 475 g/mol. The van der Waals surface area contributed by atoms with Crippen molar-refractivity contribution in [3.63, 3.8) is 0 Å². The second-order valence-electron chi connectivity index (χ2n) is 10.4. The number of hydrogen-bond donors (Lipinski definition) is 0. The number of rotatable bonds is 5. The lowest BCUT2D eigenvalue weighted by molar-refractivity contribution is -0.146. The second-order valence-corrected chi connectivity index (χ2v) is 10.4. The molecule has 6 nitrogen and oxygen atoms in total. The van der Waals surface area contributed by atoms with Gasteiger partial charge < -0.3 is 9.64 Å². The van der Waals surface area contributed by atoms with E-state index in [1.54, 1.807) is 12.1 Å². The molecule has 1 aliphatic carbocycles. The van der Waals surface area contributed by atoms with Crippen molar-refractivity contribution in [3.05, 3.63) is 41.2 Å². The molecule has 1 saturated carbocycles. The van der Waals surface area contributed by atoms with E-state index in [9.17, 15) is 13.2 Å². The van der Waals surface area contributed by atoms with E-state index in [2.05, 4.69) is 40.3 Å². The van der Waals surface area contributed by atoms with Crippen LogP contribution in [0.4, 0.5) is 13.2 Å². The van der Waals surface area contributed by atoms with Gasteiger partial charge in [-0.15, -0.1) is 5.10 Å². The fourth-order valence-electron chi connectivity index (χ4n) is 5.84. The number of halogens is 3. The molecule has 2 aliphatic heterocycles. The maximum absolute atomic E-state index is 13.4. The van der Waals surface area contributed by atoms with Gasteiger partial charge in [-0.05, 0) is 103 Å². The van der Waals surface area contributed by atoms with Gasteiger partial charge in [-0.1, -0.05) is 26.0 Å². The van der Waals surface area contributed by atoms with Crippen LogP contribution in [-0.4, -0.2) is 56.9 Å². The van der Waals surface area contributed by atoms with E-state index in [-0.39, 0.29) is 11.5 Å². The van der Waals surface area contributed by atoms with E-state index in [4.69, 9.17) is 4.74 Å². The average molecular weight is 476 g/mol. The zero-order valence-electron chi connectivity index (χ0n) is 19.8. The predicted molar refractivity (Wildman–Crippen MR) is 123 cm³/mol. The minimum atomic E-state index is -4.63. The third kappa shape index (κ3) is 4.64. The Labute approximate surface area is 198 Å². The Hall–Kier alpha value is -2.26. The summed E-state index contributed by atoms with van der Waals surface area (Å²) in [5.41, 5.74) is 3.22.